The Kier molecular flexibility index (Phi) is 4.39. The maximum Gasteiger partial charge on any atom is 0.320 e. The van der Waals surface area contributed by atoms with Gasteiger partial charge in [0, 0.05) is 41.6 Å². The third-order valence-electron chi connectivity index (χ3n) is 3.64. The van der Waals surface area contributed by atoms with Crippen LogP contribution in [0, 0.1) is 12.3 Å². The first-order chi connectivity index (χ1) is 11.8. The van der Waals surface area contributed by atoms with Crippen molar-refractivity contribution < 1.29 is 4.79 Å². The summed E-state index contributed by atoms with van der Waals surface area (Å²) in [4.78, 5) is 20.5. The van der Waals surface area contributed by atoms with E-state index >= 15 is 0 Å². The third kappa shape index (κ3) is 4.12. The van der Waals surface area contributed by atoms with Gasteiger partial charge in [-0.2, -0.15) is 5.10 Å². The van der Waals surface area contributed by atoms with Gasteiger partial charge < -0.3 is 5.32 Å². The lowest BCUT2D eigenvalue weighted by Crippen LogP contribution is -2.35. The van der Waals surface area contributed by atoms with E-state index in [0.29, 0.717) is 12.4 Å². The molecule has 0 spiro atoms. The molecule has 0 atom stereocenters. The average molecular weight is 338 g/mol. The molecular formula is C18H22N6O. The van der Waals surface area contributed by atoms with E-state index in [1.807, 2.05) is 19.1 Å². The van der Waals surface area contributed by atoms with Gasteiger partial charge in [0.25, 0.3) is 0 Å². The molecule has 3 aromatic heterocycles. The standard InChI is InChI=1S/C18H22N6O/c1-11-7-12(5-6-19-11)16-13-9-20-15(8-14(13)23-24-16)22-17(25)21-10-18(2,3)4/h5-9H,10H2,1-4H3,(H,23,24)(H2,20,21,22,25). The lowest BCUT2D eigenvalue weighted by molar-refractivity contribution is 0.247. The van der Waals surface area contributed by atoms with Gasteiger partial charge in [0.2, 0.25) is 0 Å². The van der Waals surface area contributed by atoms with Crippen LogP contribution in [0.25, 0.3) is 22.2 Å². The van der Waals surface area contributed by atoms with Gasteiger partial charge in [0.15, 0.2) is 0 Å². The van der Waals surface area contributed by atoms with Crippen LogP contribution < -0.4 is 10.6 Å². The molecule has 0 aliphatic rings. The Morgan fingerprint density at radius 3 is 2.76 bits per heavy atom. The van der Waals surface area contributed by atoms with Crippen LogP contribution in [0.1, 0.15) is 26.5 Å². The molecule has 0 radical (unpaired) electrons. The van der Waals surface area contributed by atoms with Crippen molar-refractivity contribution in [2.75, 3.05) is 11.9 Å². The summed E-state index contributed by atoms with van der Waals surface area (Å²) >= 11 is 0. The van der Waals surface area contributed by atoms with Crippen LogP contribution in [0.5, 0.6) is 0 Å². The van der Waals surface area contributed by atoms with Crippen molar-refractivity contribution in [2.45, 2.75) is 27.7 Å². The second-order valence-corrected chi connectivity index (χ2v) is 7.24. The molecule has 0 unspecified atom stereocenters. The van der Waals surface area contributed by atoms with Crippen LogP contribution in [0.4, 0.5) is 10.6 Å². The van der Waals surface area contributed by atoms with Gasteiger partial charge in [-0.1, -0.05) is 20.8 Å². The number of aromatic amines is 1. The highest BCUT2D eigenvalue weighted by Gasteiger charge is 2.13. The van der Waals surface area contributed by atoms with E-state index in [-0.39, 0.29) is 11.4 Å². The van der Waals surface area contributed by atoms with Crippen molar-refractivity contribution in [3.05, 3.63) is 36.3 Å². The topological polar surface area (TPSA) is 95.6 Å². The Morgan fingerprint density at radius 1 is 1.24 bits per heavy atom. The molecule has 3 aromatic rings. The number of hydrogen-bond acceptors (Lipinski definition) is 4. The molecule has 0 saturated carbocycles. The Labute approximate surface area is 146 Å². The van der Waals surface area contributed by atoms with E-state index in [2.05, 4.69) is 51.6 Å². The Morgan fingerprint density at radius 2 is 2.04 bits per heavy atom. The number of pyridine rings is 2. The highest BCUT2D eigenvalue weighted by molar-refractivity contribution is 5.95. The van der Waals surface area contributed by atoms with E-state index in [1.54, 1.807) is 18.5 Å². The highest BCUT2D eigenvalue weighted by atomic mass is 16.2. The van der Waals surface area contributed by atoms with Crippen molar-refractivity contribution >= 4 is 22.8 Å². The summed E-state index contributed by atoms with van der Waals surface area (Å²) in [6.07, 6.45) is 3.47. The molecule has 7 heteroatoms. The molecule has 2 amide bonds. The third-order valence-corrected chi connectivity index (χ3v) is 3.64. The second kappa shape index (κ2) is 6.51. The zero-order chi connectivity index (χ0) is 18.0. The van der Waals surface area contributed by atoms with Gasteiger partial charge >= 0.3 is 6.03 Å². The summed E-state index contributed by atoms with van der Waals surface area (Å²) in [6.45, 7) is 8.70. The van der Waals surface area contributed by atoms with Crippen LogP contribution in [-0.4, -0.2) is 32.7 Å². The fraction of sp³-hybridized carbons (Fsp3) is 0.333. The van der Waals surface area contributed by atoms with E-state index in [4.69, 9.17) is 0 Å². The lowest BCUT2D eigenvalue weighted by Gasteiger charge is -2.18. The minimum atomic E-state index is -0.272. The van der Waals surface area contributed by atoms with Crippen molar-refractivity contribution in [1.82, 2.24) is 25.5 Å². The molecule has 3 rings (SSSR count). The van der Waals surface area contributed by atoms with Gasteiger partial charge in [0.05, 0.1) is 5.52 Å². The number of aromatic nitrogens is 4. The monoisotopic (exact) mass is 338 g/mol. The van der Waals surface area contributed by atoms with Crippen molar-refractivity contribution in [3.63, 3.8) is 0 Å². The molecule has 25 heavy (non-hydrogen) atoms. The normalized spacial score (nSPS) is 11.5. The molecule has 0 aliphatic carbocycles. The van der Waals surface area contributed by atoms with Crippen LogP contribution in [-0.2, 0) is 0 Å². The average Bonchev–Trinajstić information content (AvgIpc) is 2.95. The number of carbonyl (C=O) groups is 1. The van der Waals surface area contributed by atoms with E-state index in [9.17, 15) is 4.79 Å². The van der Waals surface area contributed by atoms with E-state index < -0.39 is 0 Å². The fourth-order valence-corrected chi connectivity index (χ4v) is 2.40. The Bertz CT molecular complexity index is 909. The molecule has 0 aromatic carbocycles. The number of fused-ring (bicyclic) bond motifs is 1. The molecule has 3 N–H and O–H groups in total. The number of urea groups is 1. The molecule has 3 heterocycles. The van der Waals surface area contributed by atoms with Crippen LogP contribution in [0.3, 0.4) is 0 Å². The molecule has 0 aliphatic heterocycles. The maximum atomic E-state index is 12.0. The Balaban J connectivity index is 1.79. The number of carbonyl (C=O) groups excluding carboxylic acids is 1. The first-order valence-electron chi connectivity index (χ1n) is 8.14. The van der Waals surface area contributed by atoms with Gasteiger partial charge in [-0.25, -0.2) is 9.78 Å². The Hall–Kier alpha value is -2.96. The quantitative estimate of drug-likeness (QED) is 0.681. The first-order valence-corrected chi connectivity index (χ1v) is 8.14. The molecule has 7 nitrogen and oxygen atoms in total. The SMILES string of the molecule is Cc1cc(-c2n[nH]c3cc(NC(=O)NCC(C)(C)C)ncc23)ccn1. The molecule has 0 bridgehead atoms. The van der Waals surface area contributed by atoms with Crippen LogP contribution in [0.15, 0.2) is 30.6 Å². The largest absolute Gasteiger partial charge is 0.337 e. The number of H-pyrrole nitrogens is 1. The summed E-state index contributed by atoms with van der Waals surface area (Å²) < 4.78 is 0. The predicted molar refractivity (Wildman–Crippen MR) is 98.3 cm³/mol. The number of aryl methyl sites for hydroxylation is 1. The highest BCUT2D eigenvalue weighted by Crippen LogP contribution is 2.26. The van der Waals surface area contributed by atoms with Gasteiger partial charge in [-0.05, 0) is 24.5 Å². The maximum absolute atomic E-state index is 12.0. The zero-order valence-corrected chi connectivity index (χ0v) is 14.8. The van der Waals surface area contributed by atoms with Gasteiger partial charge in [-0.3, -0.25) is 15.4 Å². The minimum absolute atomic E-state index is 0.0235. The first kappa shape index (κ1) is 16.9. The van der Waals surface area contributed by atoms with Gasteiger partial charge in [-0.15, -0.1) is 0 Å². The van der Waals surface area contributed by atoms with Crippen LogP contribution >= 0.6 is 0 Å². The van der Waals surface area contributed by atoms with Gasteiger partial charge in [0.1, 0.15) is 11.5 Å². The molecule has 0 saturated heterocycles. The predicted octanol–water partition coefficient (Wildman–Crippen LogP) is 3.50. The van der Waals surface area contributed by atoms with E-state index in [1.165, 1.54) is 0 Å². The lowest BCUT2D eigenvalue weighted by atomic mass is 9.97. The van der Waals surface area contributed by atoms with Crippen molar-refractivity contribution in [1.29, 1.82) is 0 Å². The number of nitrogens with one attached hydrogen (secondary N) is 3. The molecular weight excluding hydrogens is 316 g/mol. The summed E-state index contributed by atoms with van der Waals surface area (Å²) in [5.74, 6) is 0.472. The minimum Gasteiger partial charge on any atom is -0.337 e. The number of hydrogen-bond donors (Lipinski definition) is 3. The van der Waals surface area contributed by atoms with Crippen molar-refractivity contribution in [3.8, 4) is 11.3 Å². The molecule has 130 valence electrons. The second-order valence-electron chi connectivity index (χ2n) is 7.24. The smallest absolute Gasteiger partial charge is 0.320 e. The summed E-state index contributed by atoms with van der Waals surface area (Å²) in [6, 6.07) is 5.39. The number of rotatable bonds is 3. The number of nitrogens with zero attached hydrogens (tertiary/aromatic N) is 3. The van der Waals surface area contributed by atoms with Crippen LogP contribution in [0.2, 0.25) is 0 Å². The summed E-state index contributed by atoms with van der Waals surface area (Å²) in [5.41, 5.74) is 3.55. The zero-order valence-electron chi connectivity index (χ0n) is 14.8. The number of amides is 2. The summed E-state index contributed by atoms with van der Waals surface area (Å²) in [5, 5.41) is 13.8. The van der Waals surface area contributed by atoms with Crippen molar-refractivity contribution in [2.24, 2.45) is 5.41 Å². The molecule has 0 fully saturated rings. The fourth-order valence-electron chi connectivity index (χ4n) is 2.40. The summed E-state index contributed by atoms with van der Waals surface area (Å²) in [7, 11) is 0. The number of anilines is 1. The van der Waals surface area contributed by atoms with E-state index in [0.717, 1.165) is 27.9 Å².